The molecular weight excluding hydrogens is 458 g/mol. The fourth-order valence-electron chi connectivity index (χ4n) is 2.61. The second-order valence-corrected chi connectivity index (χ2v) is 9.58. The number of halogens is 1. The molecule has 10 heteroatoms. The topological polar surface area (TPSA) is 104 Å². The van der Waals surface area contributed by atoms with Crippen LogP contribution < -0.4 is 19.9 Å². The van der Waals surface area contributed by atoms with Gasteiger partial charge in [0, 0.05) is 0 Å². The molecule has 0 fully saturated rings. The second-order valence-electron chi connectivity index (χ2n) is 6.24. The number of nitrogens with two attached hydrogens (primary N) is 1. The summed E-state index contributed by atoms with van der Waals surface area (Å²) in [6.07, 6.45) is 1.37. The third kappa shape index (κ3) is 5.08. The quantitative estimate of drug-likeness (QED) is 0.330. The van der Waals surface area contributed by atoms with E-state index in [1.165, 1.54) is 24.4 Å². The molecule has 31 heavy (non-hydrogen) atoms. The van der Waals surface area contributed by atoms with Crippen molar-refractivity contribution >= 4 is 43.8 Å². The third-order valence-corrected chi connectivity index (χ3v) is 6.53. The summed E-state index contributed by atoms with van der Waals surface area (Å²) in [6.45, 7) is 0. The number of anilines is 2. The van der Waals surface area contributed by atoms with E-state index in [4.69, 9.17) is 26.8 Å². The molecule has 4 rings (SSSR count). The average molecular weight is 474 g/mol. The maximum atomic E-state index is 12.6. The zero-order chi connectivity index (χ0) is 21.8. The highest BCUT2D eigenvalue weighted by Gasteiger charge is 2.18. The van der Waals surface area contributed by atoms with Gasteiger partial charge in [-0.25, -0.2) is 13.4 Å². The van der Waals surface area contributed by atoms with Crippen molar-refractivity contribution < 1.29 is 17.9 Å². The van der Waals surface area contributed by atoms with E-state index in [1.54, 1.807) is 18.2 Å². The highest BCUT2D eigenvalue weighted by atomic mass is 35.5. The SMILES string of the molecule is Nc1cc(S(=O)(=O)Nc2ncc(Cl)s2)ccc1Oc1ccccc1Oc1ccccc1. The number of ether oxygens (including phenoxy) is 2. The molecule has 4 aromatic rings. The molecule has 0 saturated carbocycles. The first-order chi connectivity index (χ1) is 14.9. The van der Waals surface area contributed by atoms with Gasteiger partial charge in [-0.1, -0.05) is 53.3 Å². The van der Waals surface area contributed by atoms with E-state index in [0.29, 0.717) is 27.3 Å². The van der Waals surface area contributed by atoms with Gasteiger partial charge in [0.1, 0.15) is 10.1 Å². The Hall–Kier alpha value is -3.27. The average Bonchev–Trinajstić information content (AvgIpc) is 3.15. The van der Waals surface area contributed by atoms with Crippen molar-refractivity contribution in [2.75, 3.05) is 10.5 Å². The van der Waals surface area contributed by atoms with Crippen LogP contribution in [0.15, 0.2) is 83.9 Å². The number of benzene rings is 3. The Balaban J connectivity index is 1.56. The number of rotatable bonds is 7. The zero-order valence-electron chi connectivity index (χ0n) is 15.9. The molecule has 3 aromatic carbocycles. The maximum Gasteiger partial charge on any atom is 0.263 e. The molecule has 0 aliphatic carbocycles. The first-order valence-electron chi connectivity index (χ1n) is 8.94. The van der Waals surface area contributed by atoms with Crippen molar-refractivity contribution in [3.8, 4) is 23.0 Å². The molecule has 0 radical (unpaired) electrons. The van der Waals surface area contributed by atoms with E-state index in [9.17, 15) is 8.42 Å². The molecule has 0 spiro atoms. The van der Waals surface area contributed by atoms with Crippen LogP contribution in [0.3, 0.4) is 0 Å². The number of nitrogen functional groups attached to an aromatic ring is 1. The Kier molecular flexibility index (Phi) is 5.99. The molecule has 0 bridgehead atoms. The van der Waals surface area contributed by atoms with Crippen LogP contribution in [-0.4, -0.2) is 13.4 Å². The lowest BCUT2D eigenvalue weighted by Gasteiger charge is -2.14. The molecule has 0 aliphatic heterocycles. The molecule has 0 aliphatic rings. The van der Waals surface area contributed by atoms with Crippen LogP contribution in [0.5, 0.6) is 23.0 Å². The van der Waals surface area contributed by atoms with Crippen molar-refractivity contribution in [1.29, 1.82) is 0 Å². The molecule has 7 nitrogen and oxygen atoms in total. The van der Waals surface area contributed by atoms with Gasteiger partial charge < -0.3 is 15.2 Å². The van der Waals surface area contributed by atoms with Gasteiger partial charge >= 0.3 is 0 Å². The van der Waals surface area contributed by atoms with Crippen molar-refractivity contribution in [2.24, 2.45) is 0 Å². The van der Waals surface area contributed by atoms with E-state index in [1.807, 2.05) is 36.4 Å². The normalized spacial score (nSPS) is 11.1. The molecule has 1 heterocycles. The van der Waals surface area contributed by atoms with Gasteiger partial charge in [0.25, 0.3) is 10.0 Å². The Bertz CT molecular complexity index is 1310. The fourth-order valence-corrected chi connectivity index (χ4v) is 4.70. The number of hydrogen-bond acceptors (Lipinski definition) is 7. The van der Waals surface area contributed by atoms with E-state index in [0.717, 1.165) is 11.3 Å². The van der Waals surface area contributed by atoms with E-state index < -0.39 is 10.0 Å². The predicted octanol–water partition coefficient (Wildman–Crippen LogP) is 5.76. The highest BCUT2D eigenvalue weighted by Crippen LogP contribution is 2.37. The van der Waals surface area contributed by atoms with Gasteiger partial charge in [-0.05, 0) is 42.5 Å². The molecular formula is C21H16ClN3O4S2. The molecule has 3 N–H and O–H groups in total. The summed E-state index contributed by atoms with van der Waals surface area (Å²) in [7, 11) is -3.88. The number of sulfonamides is 1. The van der Waals surface area contributed by atoms with Crippen molar-refractivity contribution in [2.45, 2.75) is 4.90 Å². The monoisotopic (exact) mass is 473 g/mol. The summed E-state index contributed by atoms with van der Waals surface area (Å²) in [5.41, 5.74) is 6.22. The van der Waals surface area contributed by atoms with Crippen LogP contribution in [0.2, 0.25) is 4.34 Å². The van der Waals surface area contributed by atoms with Gasteiger partial charge in [0.05, 0.1) is 16.8 Å². The number of thiazole rings is 1. The molecule has 158 valence electrons. The van der Waals surface area contributed by atoms with E-state index >= 15 is 0 Å². The lowest BCUT2D eigenvalue weighted by molar-refractivity contribution is 0.419. The first kappa shape index (κ1) is 21.0. The minimum absolute atomic E-state index is 0.0301. The van der Waals surface area contributed by atoms with Crippen LogP contribution in [0, 0.1) is 0 Å². The maximum absolute atomic E-state index is 12.6. The zero-order valence-corrected chi connectivity index (χ0v) is 18.2. The van der Waals surface area contributed by atoms with Crippen LogP contribution in [0.4, 0.5) is 10.8 Å². The summed E-state index contributed by atoms with van der Waals surface area (Å²) in [6, 6.07) is 20.6. The Labute approximate surface area is 188 Å². The van der Waals surface area contributed by atoms with E-state index in [-0.39, 0.29) is 15.7 Å². The fraction of sp³-hybridized carbons (Fsp3) is 0. The summed E-state index contributed by atoms with van der Waals surface area (Å²) >= 11 is 6.81. The van der Waals surface area contributed by atoms with Gasteiger partial charge in [-0.15, -0.1) is 0 Å². The number of para-hydroxylation sites is 3. The van der Waals surface area contributed by atoms with Gasteiger partial charge in [0.2, 0.25) is 0 Å². The second kappa shape index (κ2) is 8.84. The smallest absolute Gasteiger partial charge is 0.263 e. The van der Waals surface area contributed by atoms with Crippen LogP contribution in [0.25, 0.3) is 0 Å². The number of nitrogens with one attached hydrogen (secondary N) is 1. The number of nitrogens with zero attached hydrogens (tertiary/aromatic N) is 1. The lowest BCUT2D eigenvalue weighted by Crippen LogP contribution is -2.13. The molecule has 0 atom stereocenters. The van der Waals surface area contributed by atoms with Crippen LogP contribution in [0.1, 0.15) is 0 Å². The standard InChI is InChI=1S/C21H16ClN3O4S2/c22-20-13-24-21(30-20)25-31(26,27)15-10-11-17(16(23)12-15)29-19-9-5-4-8-18(19)28-14-6-2-1-3-7-14/h1-13H,23H2,(H,24,25). The minimum Gasteiger partial charge on any atom is -0.453 e. The van der Waals surface area contributed by atoms with Crippen molar-refractivity contribution in [1.82, 2.24) is 4.98 Å². The van der Waals surface area contributed by atoms with Gasteiger partial charge in [-0.3, -0.25) is 4.72 Å². The van der Waals surface area contributed by atoms with Gasteiger partial charge in [0.15, 0.2) is 22.4 Å². The number of aromatic nitrogens is 1. The van der Waals surface area contributed by atoms with Crippen molar-refractivity contribution in [3.63, 3.8) is 0 Å². The van der Waals surface area contributed by atoms with Gasteiger partial charge in [-0.2, -0.15) is 0 Å². The molecule has 0 amide bonds. The summed E-state index contributed by atoms with van der Waals surface area (Å²) < 4.78 is 39.7. The van der Waals surface area contributed by atoms with Crippen LogP contribution >= 0.6 is 22.9 Å². The van der Waals surface area contributed by atoms with Crippen molar-refractivity contribution in [3.05, 3.63) is 83.3 Å². The Morgan fingerprint density at radius 3 is 2.23 bits per heavy atom. The summed E-state index contributed by atoms with van der Waals surface area (Å²) in [5, 5.41) is 0.163. The minimum atomic E-state index is -3.88. The molecule has 1 aromatic heterocycles. The molecule has 0 saturated heterocycles. The van der Waals surface area contributed by atoms with E-state index in [2.05, 4.69) is 9.71 Å². The summed E-state index contributed by atoms with van der Waals surface area (Å²) in [5.74, 6) is 1.87. The lowest BCUT2D eigenvalue weighted by atomic mass is 10.3. The highest BCUT2D eigenvalue weighted by molar-refractivity contribution is 7.93. The summed E-state index contributed by atoms with van der Waals surface area (Å²) in [4.78, 5) is 3.86. The Morgan fingerprint density at radius 2 is 1.58 bits per heavy atom. The number of hydrogen-bond donors (Lipinski definition) is 2. The Morgan fingerprint density at radius 1 is 0.903 bits per heavy atom. The third-order valence-electron chi connectivity index (χ3n) is 4.03. The largest absolute Gasteiger partial charge is 0.453 e. The molecule has 0 unspecified atom stereocenters. The predicted molar refractivity (Wildman–Crippen MR) is 122 cm³/mol. The first-order valence-corrected chi connectivity index (χ1v) is 11.6. The van der Waals surface area contributed by atoms with Crippen LogP contribution in [-0.2, 0) is 10.0 Å².